The number of carbonyl (C=O) groups is 1. The van der Waals surface area contributed by atoms with Crippen LogP contribution in [-0.2, 0) is 13.0 Å². The monoisotopic (exact) mass is 602 g/mol. The minimum Gasteiger partial charge on any atom is -0.489 e. The van der Waals surface area contributed by atoms with Crippen LogP contribution in [0.25, 0.3) is 0 Å². The molecule has 4 rings (SSSR count). The molecule has 1 unspecified atom stereocenters. The van der Waals surface area contributed by atoms with Crippen molar-refractivity contribution < 1.29 is 9.53 Å². The van der Waals surface area contributed by atoms with Gasteiger partial charge in [-0.25, -0.2) is 4.98 Å². The number of rotatable bonds is 10. The Bertz CT molecular complexity index is 1280. The summed E-state index contributed by atoms with van der Waals surface area (Å²) in [6, 6.07) is 16.8. The Hall–Kier alpha value is -2.35. The zero-order valence-corrected chi connectivity index (χ0v) is 25.6. The molecule has 0 bridgehead atoms. The molecule has 3 N–H and O–H groups in total. The third-order valence-electron chi connectivity index (χ3n) is 7.03. The predicted octanol–water partition coefficient (Wildman–Crippen LogP) is 6.86. The number of halogens is 3. The third-order valence-corrected chi connectivity index (χ3v) is 8.04. The summed E-state index contributed by atoms with van der Waals surface area (Å²) < 4.78 is 5.94. The minimum atomic E-state index is -0.243. The normalized spacial score (nSPS) is 17.3. The Labute approximate surface area is 252 Å². The van der Waals surface area contributed by atoms with Crippen LogP contribution in [-0.4, -0.2) is 40.6 Å². The lowest BCUT2D eigenvalue weighted by molar-refractivity contribution is 0.0930. The maximum absolute atomic E-state index is 13.1. The van der Waals surface area contributed by atoms with Gasteiger partial charge in [-0.2, -0.15) is 0 Å². The van der Waals surface area contributed by atoms with Crippen molar-refractivity contribution in [3.05, 3.63) is 92.7 Å². The molecular formula is C31H37Cl3N4O2. The van der Waals surface area contributed by atoms with Gasteiger partial charge in [0.2, 0.25) is 0 Å². The molecule has 1 aliphatic heterocycles. The van der Waals surface area contributed by atoms with Crippen molar-refractivity contribution in [3.8, 4) is 5.75 Å². The molecule has 0 saturated carbocycles. The van der Waals surface area contributed by atoms with Gasteiger partial charge in [-0.15, -0.1) is 0 Å². The Kier molecular flexibility index (Phi) is 10.0. The summed E-state index contributed by atoms with van der Waals surface area (Å²) >= 11 is 18.8. The highest BCUT2D eigenvalue weighted by Gasteiger charge is 2.37. The number of carbonyl (C=O) groups excluding carboxylic acids is 1. The molecule has 0 radical (unpaired) electrons. The van der Waals surface area contributed by atoms with Crippen LogP contribution in [0.15, 0.2) is 60.8 Å². The Morgan fingerprint density at radius 3 is 2.27 bits per heavy atom. The van der Waals surface area contributed by atoms with Gasteiger partial charge in [0.15, 0.2) is 0 Å². The van der Waals surface area contributed by atoms with E-state index in [1.54, 1.807) is 30.5 Å². The number of hydrogen-bond donors (Lipinski definition) is 3. The lowest BCUT2D eigenvalue weighted by Crippen LogP contribution is -2.62. The van der Waals surface area contributed by atoms with Gasteiger partial charge in [0.1, 0.15) is 17.5 Å². The number of benzene rings is 2. The van der Waals surface area contributed by atoms with Crippen molar-refractivity contribution in [2.24, 2.45) is 0 Å². The van der Waals surface area contributed by atoms with Crippen molar-refractivity contribution in [1.82, 2.24) is 20.9 Å². The van der Waals surface area contributed by atoms with E-state index in [4.69, 9.17) is 39.5 Å². The maximum atomic E-state index is 13.1. The Morgan fingerprint density at radius 1 is 1.00 bits per heavy atom. The predicted molar refractivity (Wildman–Crippen MR) is 164 cm³/mol. The topological polar surface area (TPSA) is 75.3 Å². The van der Waals surface area contributed by atoms with Gasteiger partial charge in [0, 0.05) is 51.5 Å². The molecule has 40 heavy (non-hydrogen) atoms. The second-order valence-corrected chi connectivity index (χ2v) is 12.9. The van der Waals surface area contributed by atoms with Gasteiger partial charge < -0.3 is 20.7 Å². The van der Waals surface area contributed by atoms with Crippen molar-refractivity contribution in [1.29, 1.82) is 0 Å². The van der Waals surface area contributed by atoms with Crippen LogP contribution in [0.5, 0.6) is 5.75 Å². The van der Waals surface area contributed by atoms with Crippen LogP contribution in [0.1, 0.15) is 62.0 Å². The van der Waals surface area contributed by atoms with E-state index in [-0.39, 0.29) is 34.8 Å². The van der Waals surface area contributed by atoms with Crippen molar-refractivity contribution in [2.75, 3.05) is 6.54 Å². The number of ether oxygens (including phenoxy) is 1. The van der Waals surface area contributed by atoms with Gasteiger partial charge in [0.25, 0.3) is 5.91 Å². The molecule has 1 atom stereocenters. The summed E-state index contributed by atoms with van der Waals surface area (Å²) in [5.41, 5.74) is 2.22. The number of nitrogens with one attached hydrogen (secondary N) is 3. The highest BCUT2D eigenvalue weighted by atomic mass is 35.5. The van der Waals surface area contributed by atoms with E-state index in [9.17, 15) is 4.79 Å². The number of hydrogen-bond acceptors (Lipinski definition) is 5. The highest BCUT2D eigenvalue weighted by molar-refractivity contribution is 6.36. The van der Waals surface area contributed by atoms with E-state index in [0.717, 1.165) is 24.0 Å². The van der Waals surface area contributed by atoms with Crippen LogP contribution in [0, 0.1) is 0 Å². The van der Waals surface area contributed by atoms with E-state index < -0.39 is 0 Å². The summed E-state index contributed by atoms with van der Waals surface area (Å²) in [4.78, 5) is 17.2. The molecule has 2 heterocycles. The van der Waals surface area contributed by atoms with Crippen LogP contribution in [0.4, 0.5) is 0 Å². The number of pyridine rings is 1. The fourth-order valence-corrected chi connectivity index (χ4v) is 6.31. The zero-order chi connectivity index (χ0) is 28.9. The summed E-state index contributed by atoms with van der Waals surface area (Å²) in [6.45, 7) is 9.81. The molecule has 214 valence electrons. The number of nitrogens with zero attached hydrogens (tertiary/aromatic N) is 1. The average molecular weight is 604 g/mol. The van der Waals surface area contributed by atoms with E-state index >= 15 is 0 Å². The average Bonchev–Trinajstić information content (AvgIpc) is 2.86. The molecule has 6 nitrogen and oxygen atoms in total. The molecule has 0 spiro atoms. The third kappa shape index (κ3) is 8.58. The molecular weight excluding hydrogens is 567 g/mol. The van der Waals surface area contributed by atoms with Gasteiger partial charge in [-0.1, -0.05) is 53.0 Å². The van der Waals surface area contributed by atoms with Crippen LogP contribution in [0.2, 0.25) is 15.2 Å². The molecule has 0 aliphatic carbocycles. The first kappa shape index (κ1) is 30.6. The van der Waals surface area contributed by atoms with Gasteiger partial charge in [-0.3, -0.25) is 4.79 Å². The number of piperidine rings is 1. The number of amides is 1. The van der Waals surface area contributed by atoms with E-state index in [2.05, 4.69) is 48.6 Å². The second-order valence-electron chi connectivity index (χ2n) is 11.8. The summed E-state index contributed by atoms with van der Waals surface area (Å²) in [6.07, 6.45) is 4.19. The summed E-state index contributed by atoms with van der Waals surface area (Å²) in [7, 11) is 0. The Balaban J connectivity index is 1.44. The zero-order valence-electron chi connectivity index (χ0n) is 23.4. The molecule has 1 aliphatic rings. The standard InChI is InChI=1S/C31H37Cl3N4O2/c1-30(2)16-22(17-31(3,4)38-30)36-18-21(37-29(39)24-7-6-14-35-28(24)34)15-20-10-12-23(13-11-20)40-19-25-26(32)8-5-9-27(25)33/h5-14,21-22,36,38H,15-19H2,1-4H3,(H,37,39). The lowest BCUT2D eigenvalue weighted by atomic mass is 9.79. The minimum absolute atomic E-state index is 0.0193. The molecule has 1 aromatic heterocycles. The summed E-state index contributed by atoms with van der Waals surface area (Å²) in [5.74, 6) is 0.465. The molecule has 9 heteroatoms. The largest absolute Gasteiger partial charge is 0.489 e. The smallest absolute Gasteiger partial charge is 0.254 e. The van der Waals surface area contributed by atoms with Gasteiger partial charge >= 0.3 is 0 Å². The fourth-order valence-electron chi connectivity index (χ4n) is 5.60. The van der Waals surface area contributed by atoms with E-state index in [1.165, 1.54) is 0 Å². The van der Waals surface area contributed by atoms with Crippen LogP contribution >= 0.6 is 34.8 Å². The first-order chi connectivity index (χ1) is 18.9. The van der Waals surface area contributed by atoms with Gasteiger partial charge in [0.05, 0.1) is 5.56 Å². The lowest BCUT2D eigenvalue weighted by Gasteiger charge is -2.47. The van der Waals surface area contributed by atoms with E-state index in [0.29, 0.717) is 40.4 Å². The first-order valence-corrected chi connectivity index (χ1v) is 14.6. The quantitative estimate of drug-likeness (QED) is 0.221. The molecule has 2 aromatic carbocycles. The van der Waals surface area contributed by atoms with Crippen molar-refractivity contribution in [3.63, 3.8) is 0 Å². The van der Waals surface area contributed by atoms with Crippen LogP contribution < -0.4 is 20.7 Å². The second kappa shape index (κ2) is 13.1. The van der Waals surface area contributed by atoms with Crippen molar-refractivity contribution >= 4 is 40.7 Å². The molecule has 1 saturated heterocycles. The van der Waals surface area contributed by atoms with Crippen molar-refractivity contribution in [2.45, 2.75) is 76.7 Å². The SMILES string of the molecule is CC1(C)CC(NCC(Cc2ccc(OCc3c(Cl)cccc3Cl)cc2)NC(=O)c2cccnc2Cl)CC(C)(C)N1. The molecule has 1 fully saturated rings. The van der Waals surface area contributed by atoms with Gasteiger partial charge in [-0.05, 0) is 88.9 Å². The highest BCUT2D eigenvalue weighted by Crippen LogP contribution is 2.29. The summed E-state index contributed by atoms with van der Waals surface area (Å²) in [5, 5.41) is 12.0. The van der Waals surface area contributed by atoms with E-state index in [1.807, 2.05) is 30.3 Å². The fraction of sp³-hybridized carbons (Fsp3) is 0.419. The first-order valence-electron chi connectivity index (χ1n) is 13.5. The van der Waals surface area contributed by atoms with Crippen LogP contribution in [0.3, 0.4) is 0 Å². The number of aromatic nitrogens is 1. The molecule has 3 aromatic rings. The maximum Gasteiger partial charge on any atom is 0.254 e. The Morgan fingerprint density at radius 2 is 1.65 bits per heavy atom. The molecule has 1 amide bonds.